The van der Waals surface area contributed by atoms with Crippen LogP contribution in [-0.2, 0) is 11.2 Å². The van der Waals surface area contributed by atoms with Crippen molar-refractivity contribution in [3.63, 3.8) is 0 Å². The van der Waals surface area contributed by atoms with E-state index in [1.807, 2.05) is 11.3 Å². The Balaban J connectivity index is 1.55. The number of aliphatic carboxylic acids is 1. The Bertz CT molecular complexity index is 559. The van der Waals surface area contributed by atoms with Gasteiger partial charge in [0.2, 0.25) is 0 Å². The smallest absolute Gasteiger partial charge is 0.303 e. The minimum atomic E-state index is -0.669. The minimum absolute atomic E-state index is 0.325. The number of carbonyl (C=O) groups is 1. The van der Waals surface area contributed by atoms with E-state index in [0.29, 0.717) is 6.42 Å². The summed E-state index contributed by atoms with van der Waals surface area (Å²) >= 11 is 1.85. The number of carboxylic acids is 1. The van der Waals surface area contributed by atoms with Gasteiger partial charge in [-0.1, -0.05) is 50.3 Å². The number of aryl methyl sites for hydroxylation is 1. The third-order valence-electron chi connectivity index (χ3n) is 3.90. The van der Waals surface area contributed by atoms with Crippen LogP contribution in [-0.4, -0.2) is 11.1 Å². The summed E-state index contributed by atoms with van der Waals surface area (Å²) in [5, 5.41) is 12.3. The SMILES string of the molecule is O=C(O)CCCCCCCCCc1csc2ccccc12. The molecule has 0 unspecified atom stereocenters. The topological polar surface area (TPSA) is 37.3 Å². The van der Waals surface area contributed by atoms with Gasteiger partial charge in [0, 0.05) is 11.1 Å². The van der Waals surface area contributed by atoms with Crippen LogP contribution in [0.15, 0.2) is 29.6 Å². The Morgan fingerprint density at radius 3 is 2.38 bits per heavy atom. The lowest BCUT2D eigenvalue weighted by atomic mass is 10.0. The van der Waals surface area contributed by atoms with Crippen LogP contribution in [0.25, 0.3) is 10.1 Å². The highest BCUT2D eigenvalue weighted by Crippen LogP contribution is 2.27. The van der Waals surface area contributed by atoms with Crippen LogP contribution < -0.4 is 0 Å². The van der Waals surface area contributed by atoms with Crippen LogP contribution in [0.3, 0.4) is 0 Å². The zero-order chi connectivity index (χ0) is 14.9. The zero-order valence-electron chi connectivity index (χ0n) is 12.5. The van der Waals surface area contributed by atoms with Gasteiger partial charge in [0.05, 0.1) is 0 Å². The fourth-order valence-corrected chi connectivity index (χ4v) is 3.70. The summed E-state index contributed by atoms with van der Waals surface area (Å²) in [5.41, 5.74) is 1.50. The van der Waals surface area contributed by atoms with E-state index in [1.165, 1.54) is 54.2 Å². The first kappa shape index (κ1) is 16.0. The Hall–Kier alpha value is -1.35. The number of unbranched alkanes of at least 4 members (excludes halogenated alkanes) is 6. The molecule has 0 aliphatic heterocycles. The van der Waals surface area contributed by atoms with Gasteiger partial charge in [0.1, 0.15) is 0 Å². The van der Waals surface area contributed by atoms with E-state index in [1.54, 1.807) is 0 Å². The van der Waals surface area contributed by atoms with Crippen molar-refractivity contribution in [2.75, 3.05) is 0 Å². The zero-order valence-corrected chi connectivity index (χ0v) is 13.3. The first-order valence-corrected chi connectivity index (χ1v) is 8.82. The first-order valence-electron chi connectivity index (χ1n) is 7.94. The molecule has 0 amide bonds. The largest absolute Gasteiger partial charge is 0.481 e. The van der Waals surface area contributed by atoms with Gasteiger partial charge in [0.25, 0.3) is 0 Å². The van der Waals surface area contributed by atoms with Crippen LogP contribution >= 0.6 is 11.3 Å². The van der Waals surface area contributed by atoms with Crippen molar-refractivity contribution in [1.29, 1.82) is 0 Å². The summed E-state index contributed by atoms with van der Waals surface area (Å²) < 4.78 is 1.39. The molecule has 1 N–H and O–H groups in total. The summed E-state index contributed by atoms with van der Waals surface area (Å²) in [7, 11) is 0. The fourth-order valence-electron chi connectivity index (χ4n) is 2.70. The lowest BCUT2D eigenvalue weighted by molar-refractivity contribution is -0.137. The predicted octanol–water partition coefficient (Wildman–Crippen LogP) is 5.65. The van der Waals surface area contributed by atoms with Gasteiger partial charge in [0.15, 0.2) is 0 Å². The molecule has 0 aliphatic carbocycles. The van der Waals surface area contributed by atoms with Crippen molar-refractivity contribution in [1.82, 2.24) is 0 Å². The van der Waals surface area contributed by atoms with Gasteiger partial charge in [-0.2, -0.15) is 0 Å². The molecule has 2 nitrogen and oxygen atoms in total. The Kier molecular flexibility index (Phi) is 6.74. The molecular weight excluding hydrogens is 280 g/mol. The number of fused-ring (bicyclic) bond motifs is 1. The van der Waals surface area contributed by atoms with Crippen LogP contribution in [0.1, 0.15) is 56.9 Å². The number of hydrogen-bond donors (Lipinski definition) is 1. The molecule has 0 fully saturated rings. The van der Waals surface area contributed by atoms with Gasteiger partial charge >= 0.3 is 5.97 Å². The van der Waals surface area contributed by atoms with Crippen molar-refractivity contribution in [3.05, 3.63) is 35.2 Å². The highest BCUT2D eigenvalue weighted by atomic mass is 32.1. The van der Waals surface area contributed by atoms with E-state index in [0.717, 1.165) is 12.8 Å². The average Bonchev–Trinajstić information content (AvgIpc) is 2.88. The maximum atomic E-state index is 10.4. The molecule has 2 rings (SSSR count). The van der Waals surface area contributed by atoms with Crippen LogP contribution in [0.4, 0.5) is 0 Å². The molecule has 0 bridgehead atoms. The molecule has 114 valence electrons. The number of hydrogen-bond acceptors (Lipinski definition) is 2. The quantitative estimate of drug-likeness (QED) is 0.576. The van der Waals surface area contributed by atoms with Gasteiger partial charge < -0.3 is 5.11 Å². The van der Waals surface area contributed by atoms with E-state index in [2.05, 4.69) is 29.6 Å². The molecule has 0 saturated carbocycles. The Morgan fingerprint density at radius 1 is 0.952 bits per heavy atom. The van der Waals surface area contributed by atoms with Gasteiger partial charge in [-0.25, -0.2) is 0 Å². The van der Waals surface area contributed by atoms with Gasteiger partial charge in [-0.05, 0) is 41.7 Å². The lowest BCUT2D eigenvalue weighted by Gasteiger charge is -2.02. The lowest BCUT2D eigenvalue weighted by Crippen LogP contribution is -1.93. The van der Waals surface area contributed by atoms with Crippen LogP contribution in [0, 0.1) is 0 Å². The molecule has 1 heterocycles. The number of thiophene rings is 1. The normalized spacial score (nSPS) is 11.0. The van der Waals surface area contributed by atoms with Crippen LogP contribution in [0.5, 0.6) is 0 Å². The molecule has 0 saturated heterocycles. The summed E-state index contributed by atoms with van der Waals surface area (Å²) in [4.78, 5) is 10.4. The van der Waals surface area contributed by atoms with Crippen molar-refractivity contribution in [2.45, 2.75) is 57.8 Å². The standard InChI is InChI=1S/C18H24O2S/c19-18(20)13-7-5-3-1-2-4-6-10-15-14-21-17-12-9-8-11-16(15)17/h8-9,11-12,14H,1-7,10,13H2,(H,19,20). The van der Waals surface area contributed by atoms with Crippen molar-refractivity contribution in [2.24, 2.45) is 0 Å². The second-order valence-corrected chi connectivity index (χ2v) is 6.54. The Labute approximate surface area is 130 Å². The third-order valence-corrected chi connectivity index (χ3v) is 4.91. The first-order chi connectivity index (χ1) is 10.3. The fraction of sp³-hybridized carbons (Fsp3) is 0.500. The number of rotatable bonds is 10. The van der Waals surface area contributed by atoms with E-state index in [4.69, 9.17) is 5.11 Å². The predicted molar refractivity (Wildman–Crippen MR) is 90.1 cm³/mol. The minimum Gasteiger partial charge on any atom is -0.481 e. The molecule has 1 aromatic heterocycles. The van der Waals surface area contributed by atoms with Crippen molar-refractivity contribution < 1.29 is 9.90 Å². The summed E-state index contributed by atoms with van der Waals surface area (Å²) in [6.07, 6.45) is 9.62. The molecule has 21 heavy (non-hydrogen) atoms. The molecule has 0 aliphatic rings. The molecule has 3 heteroatoms. The third kappa shape index (κ3) is 5.50. The number of benzene rings is 1. The van der Waals surface area contributed by atoms with Gasteiger partial charge in [-0.3, -0.25) is 4.79 Å². The van der Waals surface area contributed by atoms with Crippen LogP contribution in [0.2, 0.25) is 0 Å². The van der Waals surface area contributed by atoms with E-state index in [9.17, 15) is 4.79 Å². The molecule has 0 spiro atoms. The maximum Gasteiger partial charge on any atom is 0.303 e. The molecule has 1 aromatic carbocycles. The summed E-state index contributed by atoms with van der Waals surface area (Å²) in [6, 6.07) is 8.65. The van der Waals surface area contributed by atoms with E-state index < -0.39 is 5.97 Å². The van der Waals surface area contributed by atoms with Crippen molar-refractivity contribution in [3.8, 4) is 0 Å². The highest BCUT2D eigenvalue weighted by Gasteiger charge is 2.02. The van der Waals surface area contributed by atoms with Crippen molar-refractivity contribution >= 4 is 27.4 Å². The molecular formula is C18H24O2S. The second kappa shape index (κ2) is 8.83. The second-order valence-electron chi connectivity index (χ2n) is 5.63. The van der Waals surface area contributed by atoms with E-state index >= 15 is 0 Å². The highest BCUT2D eigenvalue weighted by molar-refractivity contribution is 7.17. The monoisotopic (exact) mass is 304 g/mol. The number of carboxylic acid groups (broad SMARTS) is 1. The Morgan fingerprint density at radius 2 is 1.62 bits per heavy atom. The summed E-state index contributed by atoms with van der Waals surface area (Å²) in [5.74, 6) is -0.669. The van der Waals surface area contributed by atoms with Gasteiger partial charge in [-0.15, -0.1) is 11.3 Å². The average molecular weight is 304 g/mol. The molecule has 2 aromatic rings. The van der Waals surface area contributed by atoms with E-state index in [-0.39, 0.29) is 0 Å². The summed E-state index contributed by atoms with van der Waals surface area (Å²) in [6.45, 7) is 0. The maximum absolute atomic E-state index is 10.4. The molecule has 0 atom stereocenters. The molecule has 0 radical (unpaired) electrons.